The van der Waals surface area contributed by atoms with Gasteiger partial charge in [0.15, 0.2) is 0 Å². The van der Waals surface area contributed by atoms with Gasteiger partial charge in [-0.2, -0.15) is 0 Å². The van der Waals surface area contributed by atoms with Crippen molar-refractivity contribution < 1.29 is 10.2 Å². The highest BCUT2D eigenvalue weighted by Gasteiger charge is 2.29. The maximum atomic E-state index is 9.77. The van der Waals surface area contributed by atoms with Gasteiger partial charge in [0.2, 0.25) is 0 Å². The molecule has 2 aromatic carbocycles. The molecule has 0 aliphatic heterocycles. The molecule has 0 spiro atoms. The molecule has 0 atom stereocenters. The number of benzene rings is 2. The zero-order valence-corrected chi connectivity index (χ0v) is 12.1. The fraction of sp³-hybridized carbons (Fsp3) is 0.294. The van der Waals surface area contributed by atoms with Crippen LogP contribution >= 0.6 is 11.6 Å². The van der Waals surface area contributed by atoms with E-state index >= 15 is 0 Å². The quantitative estimate of drug-likeness (QED) is 0.858. The number of rotatable bonds is 6. The summed E-state index contributed by atoms with van der Waals surface area (Å²) in [5.41, 5.74) is 1.63. The third-order valence-corrected chi connectivity index (χ3v) is 3.84. The molecule has 0 fully saturated rings. The van der Waals surface area contributed by atoms with E-state index in [9.17, 15) is 10.2 Å². The molecule has 0 saturated heterocycles. The molecule has 0 amide bonds. The molecule has 0 aromatic heterocycles. The zero-order valence-electron chi connectivity index (χ0n) is 11.3. The molecule has 0 aliphatic carbocycles. The monoisotopic (exact) mass is 290 g/mol. The summed E-state index contributed by atoms with van der Waals surface area (Å²) in [7, 11) is 0. The molecule has 2 N–H and O–H groups in total. The van der Waals surface area contributed by atoms with E-state index in [1.54, 1.807) is 0 Å². The topological polar surface area (TPSA) is 40.5 Å². The van der Waals surface area contributed by atoms with E-state index in [2.05, 4.69) is 0 Å². The van der Waals surface area contributed by atoms with Crippen molar-refractivity contribution in [2.75, 3.05) is 13.2 Å². The Balaban J connectivity index is 2.18. The summed E-state index contributed by atoms with van der Waals surface area (Å²) in [4.78, 5) is 0. The Labute approximate surface area is 124 Å². The first kappa shape index (κ1) is 15.0. The van der Waals surface area contributed by atoms with Crippen molar-refractivity contribution in [2.24, 2.45) is 5.41 Å². The van der Waals surface area contributed by atoms with Crippen molar-refractivity contribution >= 4 is 11.6 Å². The van der Waals surface area contributed by atoms with Crippen LogP contribution < -0.4 is 0 Å². The minimum absolute atomic E-state index is 0.0545. The molecule has 0 bridgehead atoms. The van der Waals surface area contributed by atoms with Crippen molar-refractivity contribution in [3.8, 4) is 0 Å². The van der Waals surface area contributed by atoms with E-state index in [1.807, 2.05) is 54.6 Å². The Kier molecular flexibility index (Phi) is 5.18. The third kappa shape index (κ3) is 3.83. The van der Waals surface area contributed by atoms with Gasteiger partial charge in [0, 0.05) is 10.4 Å². The van der Waals surface area contributed by atoms with Crippen LogP contribution in [0.5, 0.6) is 0 Å². The average Bonchev–Trinajstić information content (AvgIpc) is 2.50. The Hall–Kier alpha value is -1.35. The van der Waals surface area contributed by atoms with Crippen LogP contribution in [0.4, 0.5) is 0 Å². The minimum Gasteiger partial charge on any atom is -0.396 e. The summed E-state index contributed by atoms with van der Waals surface area (Å²) in [5, 5.41) is 20.2. The van der Waals surface area contributed by atoms with Gasteiger partial charge in [-0.15, -0.1) is 0 Å². The lowest BCUT2D eigenvalue weighted by atomic mass is 9.78. The molecule has 20 heavy (non-hydrogen) atoms. The van der Waals surface area contributed by atoms with Gasteiger partial charge in [-0.25, -0.2) is 0 Å². The summed E-state index contributed by atoms with van der Waals surface area (Å²) in [6, 6.07) is 17.5. The first-order chi connectivity index (χ1) is 9.67. The van der Waals surface area contributed by atoms with Crippen LogP contribution in [0.1, 0.15) is 11.1 Å². The van der Waals surface area contributed by atoms with E-state index in [0.29, 0.717) is 17.9 Å². The normalized spacial score (nSPS) is 11.6. The molecule has 2 aromatic rings. The van der Waals surface area contributed by atoms with E-state index < -0.39 is 5.41 Å². The lowest BCUT2D eigenvalue weighted by Crippen LogP contribution is -2.34. The van der Waals surface area contributed by atoms with Gasteiger partial charge in [0.1, 0.15) is 0 Å². The maximum Gasteiger partial charge on any atom is 0.0515 e. The summed E-state index contributed by atoms with van der Waals surface area (Å²) in [6.45, 7) is -0.109. The summed E-state index contributed by atoms with van der Waals surface area (Å²) in [6.07, 6.45) is 1.26. The first-order valence-corrected chi connectivity index (χ1v) is 7.05. The largest absolute Gasteiger partial charge is 0.396 e. The van der Waals surface area contributed by atoms with Gasteiger partial charge in [-0.3, -0.25) is 0 Å². The van der Waals surface area contributed by atoms with Crippen LogP contribution in [0, 0.1) is 5.41 Å². The zero-order chi connectivity index (χ0) is 14.4. The number of hydrogen-bond donors (Lipinski definition) is 2. The van der Waals surface area contributed by atoms with Crippen molar-refractivity contribution in [1.29, 1.82) is 0 Å². The summed E-state index contributed by atoms with van der Waals surface area (Å²) in [5.74, 6) is 0. The van der Waals surface area contributed by atoms with Crippen molar-refractivity contribution in [3.63, 3.8) is 0 Å². The predicted octanol–water partition coefficient (Wildman–Crippen LogP) is 3.10. The average molecular weight is 291 g/mol. The van der Waals surface area contributed by atoms with Gasteiger partial charge in [0.05, 0.1) is 13.2 Å². The van der Waals surface area contributed by atoms with Crippen LogP contribution in [-0.2, 0) is 12.8 Å². The number of hydrogen-bond acceptors (Lipinski definition) is 2. The Morgan fingerprint density at radius 3 is 1.75 bits per heavy atom. The van der Waals surface area contributed by atoms with Crippen molar-refractivity contribution in [1.82, 2.24) is 0 Å². The van der Waals surface area contributed by atoms with Gasteiger partial charge in [-0.05, 0) is 36.1 Å². The van der Waals surface area contributed by atoms with E-state index in [0.717, 1.165) is 11.1 Å². The summed E-state index contributed by atoms with van der Waals surface area (Å²) < 4.78 is 0. The number of aliphatic hydroxyl groups is 2. The predicted molar refractivity (Wildman–Crippen MR) is 81.9 cm³/mol. The first-order valence-electron chi connectivity index (χ1n) is 6.67. The Morgan fingerprint density at radius 2 is 1.25 bits per heavy atom. The molecule has 0 radical (unpaired) electrons. The standard InChI is InChI=1S/C17H19ClO2/c18-16-8-6-15(7-9-16)11-17(12-19,13-20)10-14-4-2-1-3-5-14/h1-9,19-20H,10-13H2. The van der Waals surface area contributed by atoms with Gasteiger partial charge in [0.25, 0.3) is 0 Å². The van der Waals surface area contributed by atoms with Crippen LogP contribution in [-0.4, -0.2) is 23.4 Å². The second-order valence-corrected chi connectivity index (χ2v) is 5.72. The molecule has 2 rings (SSSR count). The lowest BCUT2D eigenvalue weighted by Gasteiger charge is -2.30. The molecule has 2 nitrogen and oxygen atoms in total. The molecule has 0 saturated carbocycles. The fourth-order valence-electron chi connectivity index (χ4n) is 2.40. The van der Waals surface area contributed by atoms with Crippen molar-refractivity contribution in [3.05, 3.63) is 70.7 Å². The van der Waals surface area contributed by atoms with Gasteiger partial charge < -0.3 is 10.2 Å². The smallest absolute Gasteiger partial charge is 0.0515 e. The van der Waals surface area contributed by atoms with Crippen LogP contribution in [0.3, 0.4) is 0 Å². The third-order valence-electron chi connectivity index (χ3n) is 3.59. The fourth-order valence-corrected chi connectivity index (χ4v) is 2.53. The Morgan fingerprint density at radius 1 is 0.750 bits per heavy atom. The molecule has 106 valence electrons. The van der Waals surface area contributed by atoms with E-state index in [-0.39, 0.29) is 13.2 Å². The highest BCUT2D eigenvalue weighted by molar-refractivity contribution is 6.30. The molecule has 0 heterocycles. The molecule has 0 aliphatic rings. The lowest BCUT2D eigenvalue weighted by molar-refractivity contribution is 0.0548. The Bertz CT molecular complexity index is 518. The highest BCUT2D eigenvalue weighted by Crippen LogP contribution is 2.27. The summed E-state index contributed by atoms with van der Waals surface area (Å²) >= 11 is 5.88. The van der Waals surface area contributed by atoms with Gasteiger partial charge >= 0.3 is 0 Å². The van der Waals surface area contributed by atoms with E-state index in [4.69, 9.17) is 11.6 Å². The molecular formula is C17H19ClO2. The second kappa shape index (κ2) is 6.89. The number of halogens is 1. The SMILES string of the molecule is OCC(CO)(Cc1ccccc1)Cc1ccc(Cl)cc1. The minimum atomic E-state index is -0.546. The highest BCUT2D eigenvalue weighted by atomic mass is 35.5. The maximum absolute atomic E-state index is 9.77. The van der Waals surface area contributed by atoms with Crippen LogP contribution in [0.15, 0.2) is 54.6 Å². The van der Waals surface area contributed by atoms with E-state index in [1.165, 1.54) is 0 Å². The van der Waals surface area contributed by atoms with Crippen LogP contribution in [0.25, 0.3) is 0 Å². The molecule has 0 unspecified atom stereocenters. The molecule has 3 heteroatoms. The van der Waals surface area contributed by atoms with Gasteiger partial charge in [-0.1, -0.05) is 54.1 Å². The number of aliphatic hydroxyl groups excluding tert-OH is 2. The van der Waals surface area contributed by atoms with Crippen LogP contribution in [0.2, 0.25) is 5.02 Å². The molecular weight excluding hydrogens is 272 g/mol. The van der Waals surface area contributed by atoms with Crippen molar-refractivity contribution in [2.45, 2.75) is 12.8 Å². The second-order valence-electron chi connectivity index (χ2n) is 5.28.